The van der Waals surface area contributed by atoms with Crippen LogP contribution in [-0.4, -0.2) is 44.8 Å². The predicted octanol–water partition coefficient (Wildman–Crippen LogP) is 3.08. The third-order valence-corrected chi connectivity index (χ3v) is 4.04. The molecule has 1 aliphatic rings. The van der Waals surface area contributed by atoms with Gasteiger partial charge in [-0.1, -0.05) is 13.5 Å². The van der Waals surface area contributed by atoms with Crippen molar-refractivity contribution < 1.29 is 23.7 Å². The number of hydrogen-bond donors (Lipinski definition) is 0. The quantitative estimate of drug-likeness (QED) is 0.483. The average Bonchev–Trinajstić information content (AvgIpc) is 2.47. The summed E-state index contributed by atoms with van der Waals surface area (Å²) in [6, 6.07) is 0. The van der Waals surface area contributed by atoms with Gasteiger partial charge in [-0.15, -0.1) is 0 Å². The molecule has 0 aliphatic carbocycles. The standard InChI is InChI=1S/C17H30O5/c1-6-17(10-19-12-20-11-17)9-15(5)21-8-7-14(4)22-16(18)13(2)3/h14-15H,2,6-12H2,1,3-5H3. The summed E-state index contributed by atoms with van der Waals surface area (Å²) in [5.74, 6) is -0.345. The van der Waals surface area contributed by atoms with Crippen LogP contribution in [0.2, 0.25) is 0 Å². The van der Waals surface area contributed by atoms with Gasteiger partial charge in [-0.25, -0.2) is 4.79 Å². The first-order valence-electron chi connectivity index (χ1n) is 8.02. The fraction of sp³-hybridized carbons (Fsp3) is 0.824. The van der Waals surface area contributed by atoms with E-state index in [1.54, 1.807) is 6.92 Å². The molecule has 0 aromatic heterocycles. The number of ether oxygens (including phenoxy) is 4. The van der Waals surface area contributed by atoms with E-state index in [4.69, 9.17) is 18.9 Å². The van der Waals surface area contributed by atoms with Gasteiger partial charge < -0.3 is 18.9 Å². The molecule has 5 nitrogen and oxygen atoms in total. The van der Waals surface area contributed by atoms with E-state index < -0.39 is 0 Å². The summed E-state index contributed by atoms with van der Waals surface area (Å²) < 4.78 is 22.0. The zero-order valence-electron chi connectivity index (χ0n) is 14.4. The van der Waals surface area contributed by atoms with Crippen molar-refractivity contribution >= 4 is 5.97 Å². The zero-order chi connectivity index (χ0) is 16.6. The fourth-order valence-corrected chi connectivity index (χ4v) is 2.53. The van der Waals surface area contributed by atoms with Crippen molar-refractivity contribution in [2.24, 2.45) is 5.41 Å². The number of rotatable bonds is 9. The molecule has 22 heavy (non-hydrogen) atoms. The number of carbonyl (C=O) groups is 1. The molecule has 128 valence electrons. The van der Waals surface area contributed by atoms with Crippen molar-refractivity contribution in [3.63, 3.8) is 0 Å². The van der Waals surface area contributed by atoms with Gasteiger partial charge in [0.25, 0.3) is 0 Å². The fourth-order valence-electron chi connectivity index (χ4n) is 2.53. The lowest BCUT2D eigenvalue weighted by atomic mass is 9.81. The van der Waals surface area contributed by atoms with E-state index in [2.05, 4.69) is 20.4 Å². The Morgan fingerprint density at radius 2 is 1.91 bits per heavy atom. The molecular formula is C17H30O5. The lowest BCUT2D eigenvalue weighted by molar-refractivity contribution is -0.176. The van der Waals surface area contributed by atoms with Crippen molar-refractivity contribution in [3.8, 4) is 0 Å². The monoisotopic (exact) mass is 314 g/mol. The molecule has 0 aromatic carbocycles. The summed E-state index contributed by atoms with van der Waals surface area (Å²) in [7, 11) is 0. The highest BCUT2D eigenvalue weighted by molar-refractivity contribution is 5.87. The van der Waals surface area contributed by atoms with Crippen LogP contribution in [0.4, 0.5) is 0 Å². The summed E-state index contributed by atoms with van der Waals surface area (Å²) in [5.41, 5.74) is 0.471. The second-order valence-corrected chi connectivity index (χ2v) is 6.34. The van der Waals surface area contributed by atoms with E-state index in [9.17, 15) is 4.79 Å². The van der Waals surface area contributed by atoms with Crippen molar-refractivity contribution in [3.05, 3.63) is 12.2 Å². The maximum atomic E-state index is 11.4. The van der Waals surface area contributed by atoms with E-state index in [1.165, 1.54) is 0 Å². The summed E-state index contributed by atoms with van der Waals surface area (Å²) >= 11 is 0. The first kappa shape index (κ1) is 19.1. The molecule has 0 saturated carbocycles. The molecule has 0 N–H and O–H groups in total. The van der Waals surface area contributed by atoms with Crippen LogP contribution in [0.3, 0.4) is 0 Å². The van der Waals surface area contributed by atoms with Gasteiger partial charge >= 0.3 is 5.97 Å². The second-order valence-electron chi connectivity index (χ2n) is 6.34. The molecule has 0 bridgehead atoms. The molecule has 0 radical (unpaired) electrons. The summed E-state index contributed by atoms with van der Waals surface area (Å²) in [6.07, 6.45) is 2.54. The molecular weight excluding hydrogens is 284 g/mol. The van der Waals surface area contributed by atoms with Gasteiger partial charge in [0.2, 0.25) is 0 Å². The van der Waals surface area contributed by atoms with E-state index in [0.717, 1.165) is 26.1 Å². The van der Waals surface area contributed by atoms with Crippen molar-refractivity contribution in [1.29, 1.82) is 0 Å². The third kappa shape index (κ3) is 6.46. The molecule has 1 saturated heterocycles. The van der Waals surface area contributed by atoms with Crippen LogP contribution >= 0.6 is 0 Å². The molecule has 1 fully saturated rings. The Balaban J connectivity index is 2.26. The van der Waals surface area contributed by atoms with Crippen LogP contribution in [0.5, 0.6) is 0 Å². The largest absolute Gasteiger partial charge is 0.459 e. The molecule has 2 unspecified atom stereocenters. The van der Waals surface area contributed by atoms with Crippen LogP contribution in [0.15, 0.2) is 12.2 Å². The third-order valence-electron chi connectivity index (χ3n) is 4.04. The van der Waals surface area contributed by atoms with Gasteiger partial charge in [-0.05, 0) is 33.6 Å². The molecule has 5 heteroatoms. The maximum absolute atomic E-state index is 11.4. The number of carbonyl (C=O) groups excluding carboxylic acids is 1. The Morgan fingerprint density at radius 1 is 1.27 bits per heavy atom. The number of hydrogen-bond acceptors (Lipinski definition) is 5. The molecule has 0 spiro atoms. The lowest BCUT2D eigenvalue weighted by Gasteiger charge is -2.37. The minimum atomic E-state index is -0.345. The minimum absolute atomic E-state index is 0.0513. The van der Waals surface area contributed by atoms with E-state index in [1.807, 2.05) is 6.92 Å². The van der Waals surface area contributed by atoms with Gasteiger partial charge in [0.1, 0.15) is 12.9 Å². The summed E-state index contributed by atoms with van der Waals surface area (Å²) in [5, 5.41) is 0. The SMILES string of the molecule is C=C(C)C(=O)OC(C)CCOC(C)CC1(CC)COCOC1. The molecule has 0 aromatic rings. The van der Waals surface area contributed by atoms with Crippen LogP contribution in [0.25, 0.3) is 0 Å². The van der Waals surface area contributed by atoms with Gasteiger partial charge in [-0.3, -0.25) is 0 Å². The first-order chi connectivity index (χ1) is 10.4. The molecule has 1 heterocycles. The highest BCUT2D eigenvalue weighted by Gasteiger charge is 2.33. The van der Waals surface area contributed by atoms with Crippen LogP contribution in [-0.2, 0) is 23.7 Å². The Bertz CT molecular complexity index is 360. The molecule has 0 amide bonds. The van der Waals surface area contributed by atoms with E-state index in [0.29, 0.717) is 25.4 Å². The highest BCUT2D eigenvalue weighted by atomic mass is 16.7. The normalized spacial score (nSPS) is 20.2. The Morgan fingerprint density at radius 3 is 2.45 bits per heavy atom. The van der Waals surface area contributed by atoms with Crippen molar-refractivity contribution in [2.45, 2.75) is 59.2 Å². The van der Waals surface area contributed by atoms with Crippen LogP contribution in [0, 0.1) is 5.41 Å². The predicted molar refractivity (Wildman–Crippen MR) is 84.5 cm³/mol. The Kier molecular flexibility index (Phi) is 8.07. The van der Waals surface area contributed by atoms with Crippen LogP contribution in [0.1, 0.15) is 47.0 Å². The number of esters is 1. The molecule has 1 aliphatic heterocycles. The first-order valence-corrected chi connectivity index (χ1v) is 8.02. The van der Waals surface area contributed by atoms with E-state index in [-0.39, 0.29) is 23.6 Å². The van der Waals surface area contributed by atoms with Gasteiger partial charge in [0.15, 0.2) is 0 Å². The van der Waals surface area contributed by atoms with Gasteiger partial charge in [0.05, 0.1) is 25.9 Å². The van der Waals surface area contributed by atoms with E-state index >= 15 is 0 Å². The van der Waals surface area contributed by atoms with Gasteiger partial charge in [0, 0.05) is 17.4 Å². The van der Waals surface area contributed by atoms with Crippen LogP contribution < -0.4 is 0 Å². The Hall–Kier alpha value is -0.910. The Labute approximate surface area is 133 Å². The zero-order valence-corrected chi connectivity index (χ0v) is 14.4. The summed E-state index contributed by atoms with van der Waals surface area (Å²) in [6.45, 7) is 13.7. The molecule has 2 atom stereocenters. The average molecular weight is 314 g/mol. The van der Waals surface area contributed by atoms with Crippen molar-refractivity contribution in [1.82, 2.24) is 0 Å². The smallest absolute Gasteiger partial charge is 0.333 e. The van der Waals surface area contributed by atoms with Crippen molar-refractivity contribution in [2.75, 3.05) is 26.6 Å². The van der Waals surface area contributed by atoms with Gasteiger partial charge in [-0.2, -0.15) is 0 Å². The maximum Gasteiger partial charge on any atom is 0.333 e. The lowest BCUT2D eigenvalue weighted by Crippen LogP contribution is -2.39. The minimum Gasteiger partial charge on any atom is -0.459 e. The summed E-state index contributed by atoms with van der Waals surface area (Å²) in [4.78, 5) is 11.4. The topological polar surface area (TPSA) is 54.0 Å². The second kappa shape index (κ2) is 9.28. The molecule has 1 rings (SSSR count). The highest BCUT2D eigenvalue weighted by Crippen LogP contribution is 2.32.